The highest BCUT2D eigenvalue weighted by atomic mass is 16.3. The van der Waals surface area contributed by atoms with Crippen LogP contribution in [0.15, 0.2) is 260 Å². The van der Waals surface area contributed by atoms with Crippen molar-refractivity contribution < 1.29 is 35.9 Å². The van der Waals surface area contributed by atoms with Gasteiger partial charge in [0.15, 0.2) is 45.5 Å². The molecule has 0 N–H and O–H groups in total. The van der Waals surface area contributed by atoms with Crippen molar-refractivity contribution in [2.45, 2.75) is 178 Å². The predicted molar refractivity (Wildman–Crippen MR) is 588 cm³/mol. The molecular weight excluding hydrogens is 1740 g/mol. The first-order valence-corrected chi connectivity index (χ1v) is 49.5. The molecule has 0 aliphatic carbocycles. The van der Waals surface area contributed by atoms with Gasteiger partial charge in [0.2, 0.25) is 22.8 Å². The molecule has 0 atom stereocenters. The number of nitrogens with zero attached hydrogens (tertiary/aromatic N) is 8. The van der Waals surface area contributed by atoms with Gasteiger partial charge >= 0.3 is 0 Å². The van der Waals surface area contributed by atoms with E-state index in [1.807, 2.05) is 121 Å². The molecule has 0 bridgehead atoms. The van der Waals surface area contributed by atoms with Crippen LogP contribution in [0.4, 0.5) is 22.7 Å². The second-order valence-electron chi connectivity index (χ2n) is 42.3. The lowest BCUT2D eigenvalue weighted by atomic mass is 9.85. The highest BCUT2D eigenvalue weighted by molar-refractivity contribution is 6.18. The number of hydrogen-bond acceptors (Lipinski definition) is 4. The van der Waals surface area contributed by atoms with Gasteiger partial charge in [0.25, 0.3) is 0 Å². The molecule has 8 aromatic heterocycles. The van der Waals surface area contributed by atoms with Crippen LogP contribution in [-0.2, 0) is 53.9 Å². The topological polar surface area (TPSA) is 85.5 Å². The Kier molecular flexibility index (Phi) is 27.1. The van der Waals surface area contributed by atoms with Crippen LogP contribution in [-0.4, -0.2) is 0 Å². The summed E-state index contributed by atoms with van der Waals surface area (Å²) in [5.74, 6) is 1.18. The summed E-state index contributed by atoms with van der Waals surface area (Å²) in [5.41, 5.74) is 47.6. The predicted octanol–water partition coefficient (Wildman–Crippen LogP) is 34.5. The second kappa shape index (κ2) is 39.2. The lowest BCUT2D eigenvalue weighted by molar-refractivity contribution is -0.667. The fraction of sp³-hybridized carbons (Fsp3) is 0.262. The summed E-state index contributed by atoms with van der Waals surface area (Å²) in [7, 11) is 8.60. The zero-order chi connectivity index (χ0) is 101. The maximum atomic E-state index is 7.71. The normalized spacial score (nSPS) is 11.7. The Morgan fingerprint density at radius 1 is 0.261 bits per heavy atom. The van der Waals surface area contributed by atoms with Gasteiger partial charge in [0.05, 0.1) is 48.5 Å². The number of furan rings is 4. The fourth-order valence-corrected chi connectivity index (χ4v) is 21.0. The zero-order valence-electron chi connectivity index (χ0n) is 87.3. The van der Waals surface area contributed by atoms with Gasteiger partial charge in [0, 0.05) is 140 Å². The summed E-state index contributed by atoms with van der Waals surface area (Å²) < 4.78 is 36.1. The molecule has 0 aliphatic rings. The molecule has 0 spiro atoms. The quantitative estimate of drug-likeness (QED) is 0.0802. The van der Waals surface area contributed by atoms with Crippen molar-refractivity contribution in [3.05, 3.63) is 378 Å². The average molecular weight is 1870 g/mol. The molecule has 0 amide bonds. The molecule has 142 heavy (non-hydrogen) atoms. The first kappa shape index (κ1) is 98.0. The molecule has 0 fully saturated rings. The highest BCUT2D eigenvalue weighted by Gasteiger charge is 2.34. The molecule has 20 aromatic rings. The Bertz CT molecular complexity index is 8630. The summed E-state index contributed by atoms with van der Waals surface area (Å²) in [4.78, 5) is 15.1. The molecule has 0 aliphatic heterocycles. The van der Waals surface area contributed by atoms with Crippen LogP contribution in [0.1, 0.15) is 159 Å². The molecule has 0 unspecified atom stereocenters. The molecule has 0 saturated heterocycles. The van der Waals surface area contributed by atoms with Crippen LogP contribution >= 0.6 is 0 Å². The zero-order valence-corrected chi connectivity index (χ0v) is 87.3. The molecule has 12 nitrogen and oxygen atoms in total. The number of pyridine rings is 4. The van der Waals surface area contributed by atoms with E-state index in [0.717, 1.165) is 203 Å². The standard InChI is InChI=1S/2C33H33N2O.2C32H31N2O/c1-20-14-15-26-28-18-25(34-7)17-27(23-12-10-9-11-13-23)31(28)36-32(26)30(20)29-16-24(19-33(4,5)6)21(2)22(3)35(29)8;1-20-14-15-25-27-18-24(34-7)17-26(23-12-10-9-11-13-23)31(27)36-32(25)30(20)29-16-21(2)28(19-33(4,5)6)22(3)35(29)8;1-19(2)15-24-16-29(34(7)22(5)21(24)4)30-20(3)13-14-26-28-18-25(33-6)17-27(31(28)35-32(26)30)23-11-9-8-10-12-23;1-19(2)15-26-21(4)16-29(34(7)22(26)5)30-20(3)13-14-25-28-18-24(33-6)17-27(31(28)35-32(25)30)23-11-9-8-10-12-23/h2*9-18H,19H2,1-6,8H3;2*8-14,16-19H,15H2,1-5,7H3/q4*+1. The van der Waals surface area contributed by atoms with Crippen molar-refractivity contribution in [3.8, 4) is 89.5 Å². The van der Waals surface area contributed by atoms with E-state index < -0.39 is 0 Å². The van der Waals surface area contributed by atoms with Crippen molar-refractivity contribution in [1.82, 2.24) is 0 Å². The average Bonchev–Trinajstić information content (AvgIpc) is 1.58. The third-order valence-electron chi connectivity index (χ3n) is 28.9. The molecule has 708 valence electrons. The summed E-state index contributed by atoms with van der Waals surface area (Å²) in [6, 6.07) is 83.0. The van der Waals surface area contributed by atoms with E-state index in [1.165, 1.54) is 89.5 Å². The molecule has 20 rings (SSSR count). The van der Waals surface area contributed by atoms with Crippen molar-refractivity contribution in [2.75, 3.05) is 0 Å². The largest absolute Gasteiger partial charge is 0.455 e. The van der Waals surface area contributed by atoms with E-state index in [9.17, 15) is 0 Å². The SMILES string of the molecule is [C-]#[N+]c1cc(-c2ccccc2)c2oc3c(-c4cc(C)c(CC(C)(C)C)c(C)[n+]4C)c(C)ccc3c2c1.[C-]#[N+]c1cc(-c2ccccc2)c2oc3c(-c4cc(C)c(CC(C)C)c(C)[n+]4C)c(C)ccc3c2c1.[C-]#[N+]c1cc(-c2ccccc2)c2oc3c(-c4cc(CC(C)(C)C)c(C)c(C)[n+]4C)c(C)ccc3c2c1.[C-]#[N+]c1cc(-c2ccccc2)c2oc3c(-c4cc(CC(C)C)c(C)c(C)[n+]4C)c(C)ccc3c2c1. The van der Waals surface area contributed by atoms with Gasteiger partial charge in [-0.3, -0.25) is 0 Å². The van der Waals surface area contributed by atoms with E-state index in [0.29, 0.717) is 34.6 Å². The first-order valence-electron chi connectivity index (χ1n) is 49.5. The smallest absolute Gasteiger partial charge is 0.216 e. The summed E-state index contributed by atoms with van der Waals surface area (Å²) in [6.45, 7) is 80.0. The number of hydrogen-bond donors (Lipinski definition) is 0. The fourth-order valence-electron chi connectivity index (χ4n) is 21.0. The van der Waals surface area contributed by atoms with Gasteiger partial charge in [-0.25, -0.2) is 19.4 Å². The van der Waals surface area contributed by atoms with E-state index >= 15 is 0 Å². The number of rotatable bonds is 14. The Hall–Kier alpha value is -15.6. The van der Waals surface area contributed by atoms with E-state index in [4.69, 9.17) is 44.0 Å². The van der Waals surface area contributed by atoms with Gasteiger partial charge in [-0.15, -0.1) is 0 Å². The maximum Gasteiger partial charge on any atom is 0.216 e. The maximum absolute atomic E-state index is 7.71. The first-order chi connectivity index (χ1) is 67.8. The van der Waals surface area contributed by atoms with Gasteiger partial charge in [0.1, 0.15) is 72.9 Å². The van der Waals surface area contributed by atoms with E-state index in [-0.39, 0.29) is 10.8 Å². The number of fused-ring (bicyclic) bond motifs is 12. The van der Waals surface area contributed by atoms with Crippen molar-refractivity contribution >= 4 is 111 Å². The monoisotopic (exact) mass is 1870 g/mol. The van der Waals surface area contributed by atoms with Crippen molar-refractivity contribution in [3.63, 3.8) is 0 Å². The Balaban J connectivity index is 0.000000130. The minimum atomic E-state index is 0.190. The lowest BCUT2D eigenvalue weighted by Crippen LogP contribution is -2.37. The van der Waals surface area contributed by atoms with E-state index in [1.54, 1.807) is 0 Å². The molecule has 12 heteroatoms. The van der Waals surface area contributed by atoms with Gasteiger partial charge < -0.3 is 17.7 Å². The summed E-state index contributed by atoms with van der Waals surface area (Å²) in [5, 5.41) is 8.13. The van der Waals surface area contributed by atoms with Crippen molar-refractivity contribution in [2.24, 2.45) is 50.9 Å². The Morgan fingerprint density at radius 2 is 0.514 bits per heavy atom. The molecule has 0 radical (unpaired) electrons. The van der Waals surface area contributed by atoms with Gasteiger partial charge in [-0.1, -0.05) is 239 Å². The van der Waals surface area contributed by atoms with E-state index in [2.05, 4.69) is 339 Å². The number of aryl methyl sites for hydroxylation is 6. The third kappa shape index (κ3) is 18.7. The number of aromatic nitrogens is 4. The molecule has 12 aromatic carbocycles. The van der Waals surface area contributed by atoms with Crippen LogP contribution in [0.3, 0.4) is 0 Å². The highest BCUT2D eigenvalue weighted by Crippen LogP contribution is 2.50. The van der Waals surface area contributed by atoms with Gasteiger partial charge in [-0.05, 0) is 219 Å². The lowest BCUT2D eigenvalue weighted by Gasteiger charge is -2.21. The second-order valence-corrected chi connectivity index (χ2v) is 42.3. The molecule has 8 heterocycles. The Labute approximate surface area is 837 Å². The third-order valence-corrected chi connectivity index (χ3v) is 28.9. The van der Waals surface area contributed by atoms with Crippen LogP contribution in [0.25, 0.3) is 197 Å². The van der Waals surface area contributed by atoms with Crippen LogP contribution in [0.2, 0.25) is 0 Å². The molecule has 0 saturated carbocycles. The number of benzene rings is 12. The van der Waals surface area contributed by atoms with Gasteiger partial charge in [-0.2, -0.15) is 18.3 Å². The van der Waals surface area contributed by atoms with Crippen molar-refractivity contribution in [1.29, 1.82) is 0 Å². The Morgan fingerprint density at radius 3 is 0.789 bits per heavy atom. The molecular formula is C130H128N8O4+4. The summed E-state index contributed by atoms with van der Waals surface area (Å²) >= 11 is 0. The minimum absolute atomic E-state index is 0.190. The minimum Gasteiger partial charge on any atom is -0.455 e. The van der Waals surface area contributed by atoms with Crippen LogP contribution in [0.5, 0.6) is 0 Å². The summed E-state index contributed by atoms with van der Waals surface area (Å²) in [6.07, 6.45) is 4.16. The van der Waals surface area contributed by atoms with Crippen LogP contribution in [0, 0.1) is 132 Å². The van der Waals surface area contributed by atoms with Crippen LogP contribution < -0.4 is 18.3 Å².